The molecule has 0 saturated carbocycles. The number of fused-ring (bicyclic) bond motifs is 1. The zero-order valence-corrected chi connectivity index (χ0v) is 9.88. The van der Waals surface area contributed by atoms with Crippen molar-refractivity contribution in [2.75, 3.05) is 0 Å². The summed E-state index contributed by atoms with van der Waals surface area (Å²) in [6, 6.07) is 17.9. The van der Waals surface area contributed by atoms with Gasteiger partial charge in [-0.25, -0.2) is 0 Å². The van der Waals surface area contributed by atoms with E-state index in [1.165, 1.54) is 5.56 Å². The SMILES string of the molecule is Oc1c(Cc2ccccc2)ccc2cccnc12. The molecule has 0 aliphatic heterocycles. The Labute approximate surface area is 106 Å². The van der Waals surface area contributed by atoms with Gasteiger partial charge in [0.25, 0.3) is 0 Å². The van der Waals surface area contributed by atoms with Crippen LogP contribution in [0, 0.1) is 0 Å². The maximum atomic E-state index is 10.2. The summed E-state index contributed by atoms with van der Waals surface area (Å²) in [6.45, 7) is 0. The Morgan fingerprint density at radius 1 is 0.889 bits per heavy atom. The van der Waals surface area contributed by atoms with Crippen molar-refractivity contribution in [3.63, 3.8) is 0 Å². The number of pyridine rings is 1. The number of aromatic nitrogens is 1. The lowest BCUT2D eigenvalue weighted by Gasteiger charge is -2.07. The molecule has 1 heterocycles. The molecule has 0 aliphatic carbocycles. The van der Waals surface area contributed by atoms with E-state index in [1.807, 2.05) is 42.5 Å². The van der Waals surface area contributed by atoms with E-state index in [-0.39, 0.29) is 5.75 Å². The minimum atomic E-state index is 0.289. The van der Waals surface area contributed by atoms with Gasteiger partial charge >= 0.3 is 0 Å². The van der Waals surface area contributed by atoms with Crippen LogP contribution >= 0.6 is 0 Å². The third-order valence-electron chi connectivity index (χ3n) is 3.07. The van der Waals surface area contributed by atoms with Gasteiger partial charge in [0.05, 0.1) is 0 Å². The van der Waals surface area contributed by atoms with Gasteiger partial charge in [-0.15, -0.1) is 0 Å². The molecule has 2 aromatic carbocycles. The van der Waals surface area contributed by atoms with Crippen molar-refractivity contribution in [2.45, 2.75) is 6.42 Å². The lowest BCUT2D eigenvalue weighted by atomic mass is 10.0. The third kappa shape index (κ3) is 1.93. The average Bonchev–Trinajstić information content (AvgIpc) is 2.43. The molecule has 88 valence electrons. The first-order valence-electron chi connectivity index (χ1n) is 5.94. The number of rotatable bonds is 2. The van der Waals surface area contributed by atoms with Gasteiger partial charge in [-0.05, 0) is 11.6 Å². The van der Waals surface area contributed by atoms with Gasteiger partial charge in [0.1, 0.15) is 11.3 Å². The van der Waals surface area contributed by atoms with Crippen LogP contribution in [-0.4, -0.2) is 10.1 Å². The molecule has 0 fully saturated rings. The smallest absolute Gasteiger partial charge is 0.145 e. The first-order valence-corrected chi connectivity index (χ1v) is 5.94. The Morgan fingerprint density at radius 3 is 2.56 bits per heavy atom. The quantitative estimate of drug-likeness (QED) is 0.737. The second-order valence-electron chi connectivity index (χ2n) is 4.31. The number of hydrogen-bond acceptors (Lipinski definition) is 2. The van der Waals surface area contributed by atoms with Gasteiger partial charge in [-0.1, -0.05) is 48.5 Å². The second-order valence-corrected chi connectivity index (χ2v) is 4.31. The van der Waals surface area contributed by atoms with Crippen molar-refractivity contribution in [3.05, 3.63) is 71.9 Å². The topological polar surface area (TPSA) is 33.1 Å². The Hall–Kier alpha value is -2.35. The Bertz CT molecular complexity index is 677. The Kier molecular flexibility index (Phi) is 2.69. The van der Waals surface area contributed by atoms with E-state index in [0.717, 1.165) is 17.4 Å². The highest BCUT2D eigenvalue weighted by Gasteiger charge is 2.07. The predicted octanol–water partition coefficient (Wildman–Crippen LogP) is 3.53. The Balaban J connectivity index is 2.05. The molecular formula is C16H13NO. The van der Waals surface area contributed by atoms with Crippen molar-refractivity contribution in [2.24, 2.45) is 0 Å². The number of aromatic hydroxyl groups is 1. The molecule has 0 spiro atoms. The van der Waals surface area contributed by atoms with E-state index in [2.05, 4.69) is 17.1 Å². The van der Waals surface area contributed by atoms with E-state index < -0.39 is 0 Å². The molecule has 0 aliphatic rings. The number of phenolic OH excluding ortho intramolecular Hbond substituents is 1. The summed E-state index contributed by atoms with van der Waals surface area (Å²) in [4.78, 5) is 4.23. The molecule has 1 N–H and O–H groups in total. The van der Waals surface area contributed by atoms with E-state index in [0.29, 0.717) is 5.52 Å². The molecule has 3 aromatic rings. The Morgan fingerprint density at radius 2 is 1.72 bits per heavy atom. The number of phenols is 1. The van der Waals surface area contributed by atoms with E-state index >= 15 is 0 Å². The van der Waals surface area contributed by atoms with Gasteiger partial charge in [0.2, 0.25) is 0 Å². The summed E-state index contributed by atoms with van der Waals surface area (Å²) >= 11 is 0. The summed E-state index contributed by atoms with van der Waals surface area (Å²) in [5.41, 5.74) is 2.77. The highest BCUT2D eigenvalue weighted by molar-refractivity contribution is 5.85. The molecule has 0 saturated heterocycles. The first-order chi connectivity index (χ1) is 8.84. The zero-order chi connectivity index (χ0) is 12.4. The monoisotopic (exact) mass is 235 g/mol. The predicted molar refractivity (Wildman–Crippen MR) is 72.7 cm³/mol. The molecule has 2 heteroatoms. The first kappa shape index (κ1) is 10.8. The second kappa shape index (κ2) is 4.49. The van der Waals surface area contributed by atoms with Gasteiger partial charge < -0.3 is 5.11 Å². The highest BCUT2D eigenvalue weighted by Crippen LogP contribution is 2.28. The molecule has 1 aromatic heterocycles. The van der Waals surface area contributed by atoms with Crippen molar-refractivity contribution >= 4 is 10.9 Å². The summed E-state index contributed by atoms with van der Waals surface area (Å²) < 4.78 is 0. The lowest BCUT2D eigenvalue weighted by molar-refractivity contribution is 0.474. The molecule has 18 heavy (non-hydrogen) atoms. The van der Waals surface area contributed by atoms with Crippen molar-refractivity contribution in [1.29, 1.82) is 0 Å². The standard InChI is InChI=1S/C16H13NO/c18-16-14(11-12-5-2-1-3-6-12)9-8-13-7-4-10-17-15(13)16/h1-10,18H,11H2. The van der Waals surface area contributed by atoms with Crippen LogP contribution in [0.4, 0.5) is 0 Å². The van der Waals surface area contributed by atoms with Crippen molar-refractivity contribution < 1.29 is 5.11 Å². The van der Waals surface area contributed by atoms with Crippen LogP contribution in [0.1, 0.15) is 11.1 Å². The molecule has 2 nitrogen and oxygen atoms in total. The van der Waals surface area contributed by atoms with Gasteiger partial charge in [0, 0.05) is 23.6 Å². The summed E-state index contributed by atoms with van der Waals surface area (Å²) in [7, 11) is 0. The maximum Gasteiger partial charge on any atom is 0.145 e. The summed E-state index contributed by atoms with van der Waals surface area (Å²) in [5.74, 6) is 0.289. The van der Waals surface area contributed by atoms with Crippen LogP contribution < -0.4 is 0 Å². The van der Waals surface area contributed by atoms with E-state index in [9.17, 15) is 5.11 Å². The molecule has 0 radical (unpaired) electrons. The van der Waals surface area contributed by atoms with Crippen molar-refractivity contribution in [1.82, 2.24) is 4.98 Å². The summed E-state index contributed by atoms with van der Waals surface area (Å²) in [5, 5.41) is 11.2. The fourth-order valence-electron chi connectivity index (χ4n) is 2.13. The van der Waals surface area contributed by atoms with E-state index in [4.69, 9.17) is 0 Å². The molecular weight excluding hydrogens is 222 g/mol. The zero-order valence-electron chi connectivity index (χ0n) is 9.88. The molecule has 0 bridgehead atoms. The molecule has 3 rings (SSSR count). The average molecular weight is 235 g/mol. The lowest BCUT2D eigenvalue weighted by Crippen LogP contribution is -1.90. The van der Waals surface area contributed by atoms with Crippen LogP contribution in [0.15, 0.2) is 60.8 Å². The highest BCUT2D eigenvalue weighted by atomic mass is 16.3. The largest absolute Gasteiger partial charge is 0.505 e. The van der Waals surface area contributed by atoms with Crippen LogP contribution in [0.3, 0.4) is 0 Å². The van der Waals surface area contributed by atoms with Crippen LogP contribution in [0.2, 0.25) is 0 Å². The van der Waals surface area contributed by atoms with Crippen LogP contribution in [0.25, 0.3) is 10.9 Å². The molecule has 0 unspecified atom stereocenters. The van der Waals surface area contributed by atoms with Gasteiger partial charge in [-0.3, -0.25) is 4.98 Å². The van der Waals surface area contributed by atoms with Crippen molar-refractivity contribution in [3.8, 4) is 5.75 Å². The van der Waals surface area contributed by atoms with Crippen LogP contribution in [-0.2, 0) is 6.42 Å². The van der Waals surface area contributed by atoms with Gasteiger partial charge in [-0.2, -0.15) is 0 Å². The molecule has 0 atom stereocenters. The number of benzene rings is 2. The number of hydrogen-bond donors (Lipinski definition) is 1. The fraction of sp³-hybridized carbons (Fsp3) is 0.0625. The summed E-state index contributed by atoms with van der Waals surface area (Å²) in [6.07, 6.45) is 2.42. The third-order valence-corrected chi connectivity index (χ3v) is 3.07. The fourth-order valence-corrected chi connectivity index (χ4v) is 2.13. The normalized spacial score (nSPS) is 10.7. The van der Waals surface area contributed by atoms with Gasteiger partial charge in [0.15, 0.2) is 0 Å². The van der Waals surface area contributed by atoms with E-state index in [1.54, 1.807) is 6.20 Å². The van der Waals surface area contributed by atoms with Crippen LogP contribution in [0.5, 0.6) is 5.75 Å². The maximum absolute atomic E-state index is 10.2. The number of nitrogens with zero attached hydrogens (tertiary/aromatic N) is 1. The minimum Gasteiger partial charge on any atom is -0.505 e. The minimum absolute atomic E-state index is 0.289. The molecule has 0 amide bonds.